The minimum atomic E-state index is -0.453. The molecule has 0 saturated carbocycles. The molecule has 2 aromatic carbocycles. The molecule has 25 heavy (non-hydrogen) atoms. The Morgan fingerprint density at radius 2 is 2.04 bits per heavy atom. The van der Waals surface area contributed by atoms with Gasteiger partial charge in [0.15, 0.2) is 0 Å². The molecule has 1 amide bonds. The van der Waals surface area contributed by atoms with Gasteiger partial charge in [0.2, 0.25) is 0 Å². The van der Waals surface area contributed by atoms with E-state index in [-0.39, 0.29) is 23.5 Å². The van der Waals surface area contributed by atoms with Crippen molar-refractivity contribution >= 4 is 16.9 Å². The number of carbonyl (C=O) groups excluding carboxylic acids is 1. The van der Waals surface area contributed by atoms with E-state index in [1.165, 1.54) is 18.4 Å². The highest BCUT2D eigenvalue weighted by Gasteiger charge is 2.30. The first-order valence-electron chi connectivity index (χ1n) is 8.34. The maximum atomic E-state index is 13.7. The van der Waals surface area contributed by atoms with Crippen LogP contribution < -0.4 is 5.32 Å². The van der Waals surface area contributed by atoms with E-state index in [2.05, 4.69) is 5.32 Å². The molecular weight excluding hydrogens is 321 g/mol. The SMILES string of the molecule is O=C(NC[C@@H]1CCO[C@H]1c1ccccc1)c1cc(F)cc2ccoc12. The number of rotatable bonds is 4. The van der Waals surface area contributed by atoms with Crippen molar-refractivity contribution in [1.29, 1.82) is 0 Å². The Hall–Kier alpha value is -2.66. The predicted molar refractivity (Wildman–Crippen MR) is 91.7 cm³/mol. The second-order valence-electron chi connectivity index (χ2n) is 6.25. The Morgan fingerprint density at radius 1 is 1.20 bits per heavy atom. The van der Waals surface area contributed by atoms with Crippen molar-refractivity contribution in [2.45, 2.75) is 12.5 Å². The van der Waals surface area contributed by atoms with Crippen molar-refractivity contribution in [2.75, 3.05) is 13.2 Å². The fraction of sp³-hybridized carbons (Fsp3) is 0.250. The van der Waals surface area contributed by atoms with Crippen molar-refractivity contribution in [1.82, 2.24) is 5.32 Å². The van der Waals surface area contributed by atoms with Crippen LogP contribution in [0.5, 0.6) is 0 Å². The molecule has 1 saturated heterocycles. The molecule has 1 N–H and O–H groups in total. The van der Waals surface area contributed by atoms with Crippen LogP contribution in [0.1, 0.15) is 28.4 Å². The number of benzene rings is 2. The van der Waals surface area contributed by atoms with Crippen LogP contribution in [0.4, 0.5) is 4.39 Å². The molecule has 128 valence electrons. The number of fused-ring (bicyclic) bond motifs is 1. The van der Waals surface area contributed by atoms with Crippen molar-refractivity contribution in [3.05, 3.63) is 71.7 Å². The van der Waals surface area contributed by atoms with E-state index in [1.54, 1.807) is 6.07 Å². The van der Waals surface area contributed by atoms with Crippen molar-refractivity contribution in [3.8, 4) is 0 Å². The number of hydrogen-bond acceptors (Lipinski definition) is 3. The third-order valence-corrected chi connectivity index (χ3v) is 4.63. The maximum absolute atomic E-state index is 13.7. The second-order valence-corrected chi connectivity index (χ2v) is 6.25. The van der Waals surface area contributed by atoms with Crippen LogP contribution in [-0.4, -0.2) is 19.1 Å². The van der Waals surface area contributed by atoms with Gasteiger partial charge in [-0.15, -0.1) is 0 Å². The molecule has 2 heterocycles. The molecule has 0 spiro atoms. The predicted octanol–water partition coefficient (Wildman–Crippen LogP) is 4.08. The van der Waals surface area contributed by atoms with E-state index < -0.39 is 5.82 Å². The van der Waals surface area contributed by atoms with Gasteiger partial charge in [0.1, 0.15) is 11.4 Å². The van der Waals surface area contributed by atoms with E-state index in [1.807, 2.05) is 30.3 Å². The number of carbonyl (C=O) groups is 1. The third-order valence-electron chi connectivity index (χ3n) is 4.63. The van der Waals surface area contributed by atoms with Gasteiger partial charge in [-0.2, -0.15) is 0 Å². The lowest BCUT2D eigenvalue weighted by Gasteiger charge is -2.19. The Morgan fingerprint density at radius 3 is 2.88 bits per heavy atom. The summed E-state index contributed by atoms with van der Waals surface area (Å²) in [5, 5.41) is 3.48. The minimum absolute atomic E-state index is 0.0300. The van der Waals surface area contributed by atoms with Crippen LogP contribution in [0.25, 0.3) is 11.0 Å². The summed E-state index contributed by atoms with van der Waals surface area (Å²) < 4.78 is 24.9. The Labute approximate surface area is 144 Å². The van der Waals surface area contributed by atoms with Crippen LogP contribution in [0.2, 0.25) is 0 Å². The molecule has 4 nitrogen and oxygen atoms in total. The molecule has 2 atom stereocenters. The number of ether oxygens (including phenoxy) is 1. The third kappa shape index (κ3) is 3.15. The summed E-state index contributed by atoms with van der Waals surface area (Å²) >= 11 is 0. The molecule has 0 aliphatic carbocycles. The van der Waals surface area contributed by atoms with E-state index in [0.29, 0.717) is 24.1 Å². The van der Waals surface area contributed by atoms with E-state index in [0.717, 1.165) is 12.0 Å². The van der Waals surface area contributed by atoms with E-state index in [4.69, 9.17) is 9.15 Å². The van der Waals surface area contributed by atoms with Crippen LogP contribution >= 0.6 is 0 Å². The Kier molecular flexibility index (Phi) is 4.24. The second kappa shape index (κ2) is 6.69. The number of nitrogens with one attached hydrogen (secondary N) is 1. The fourth-order valence-electron chi connectivity index (χ4n) is 3.39. The highest BCUT2D eigenvalue weighted by atomic mass is 19.1. The molecule has 1 aliphatic rings. The smallest absolute Gasteiger partial charge is 0.255 e. The number of halogens is 1. The molecule has 1 fully saturated rings. The quantitative estimate of drug-likeness (QED) is 0.779. The highest BCUT2D eigenvalue weighted by Crippen LogP contribution is 2.34. The zero-order valence-corrected chi connectivity index (χ0v) is 13.6. The molecule has 4 rings (SSSR count). The first kappa shape index (κ1) is 15.8. The molecule has 1 aromatic heterocycles. The molecule has 0 radical (unpaired) electrons. The van der Waals surface area contributed by atoms with E-state index >= 15 is 0 Å². The fourth-order valence-corrected chi connectivity index (χ4v) is 3.39. The van der Waals surface area contributed by atoms with Gasteiger partial charge in [0.05, 0.1) is 17.9 Å². The van der Waals surface area contributed by atoms with Gasteiger partial charge in [-0.05, 0) is 30.2 Å². The normalized spacial score (nSPS) is 20.0. The Bertz CT molecular complexity index is 890. The van der Waals surface area contributed by atoms with Crippen LogP contribution in [-0.2, 0) is 4.74 Å². The number of hydrogen-bond donors (Lipinski definition) is 1. The monoisotopic (exact) mass is 339 g/mol. The molecule has 1 aliphatic heterocycles. The highest BCUT2D eigenvalue weighted by molar-refractivity contribution is 6.04. The maximum Gasteiger partial charge on any atom is 0.255 e. The average molecular weight is 339 g/mol. The minimum Gasteiger partial charge on any atom is -0.464 e. The molecule has 5 heteroatoms. The van der Waals surface area contributed by atoms with E-state index in [9.17, 15) is 9.18 Å². The van der Waals surface area contributed by atoms with Crippen molar-refractivity contribution in [2.24, 2.45) is 5.92 Å². The first-order chi connectivity index (χ1) is 12.2. The standard InChI is InChI=1S/C20H18FNO3/c21-16-10-14-6-8-25-19(14)17(11-16)20(23)22-12-15-7-9-24-18(15)13-4-2-1-3-5-13/h1-6,8,10-11,15,18H,7,9,12H2,(H,22,23)/t15-,18-/m0/s1. The largest absolute Gasteiger partial charge is 0.464 e. The van der Waals surface area contributed by atoms with Crippen LogP contribution in [0, 0.1) is 11.7 Å². The summed E-state index contributed by atoms with van der Waals surface area (Å²) in [5.74, 6) is -0.601. The number of amides is 1. The topological polar surface area (TPSA) is 51.5 Å². The van der Waals surface area contributed by atoms with Gasteiger partial charge in [0, 0.05) is 24.5 Å². The lowest BCUT2D eigenvalue weighted by molar-refractivity contribution is 0.0846. The molecular formula is C20H18FNO3. The van der Waals surface area contributed by atoms with Crippen molar-refractivity contribution in [3.63, 3.8) is 0 Å². The molecule has 3 aromatic rings. The lowest BCUT2D eigenvalue weighted by atomic mass is 9.95. The number of furan rings is 1. The molecule has 0 unspecified atom stereocenters. The average Bonchev–Trinajstić information content (AvgIpc) is 3.28. The summed E-state index contributed by atoms with van der Waals surface area (Å²) in [6, 6.07) is 14.2. The zero-order valence-electron chi connectivity index (χ0n) is 13.6. The lowest BCUT2D eigenvalue weighted by Crippen LogP contribution is -2.30. The summed E-state index contributed by atoms with van der Waals surface area (Å²) in [7, 11) is 0. The summed E-state index contributed by atoms with van der Waals surface area (Å²) in [4.78, 5) is 12.5. The Balaban J connectivity index is 1.49. The molecule has 0 bridgehead atoms. The van der Waals surface area contributed by atoms with Gasteiger partial charge in [-0.3, -0.25) is 4.79 Å². The van der Waals surface area contributed by atoms with Gasteiger partial charge in [-0.25, -0.2) is 4.39 Å². The van der Waals surface area contributed by atoms with Gasteiger partial charge >= 0.3 is 0 Å². The summed E-state index contributed by atoms with van der Waals surface area (Å²) in [6.45, 7) is 1.14. The van der Waals surface area contributed by atoms with Gasteiger partial charge in [-0.1, -0.05) is 30.3 Å². The van der Waals surface area contributed by atoms with Crippen molar-refractivity contribution < 1.29 is 18.3 Å². The summed E-state index contributed by atoms with van der Waals surface area (Å²) in [6.07, 6.45) is 2.30. The summed E-state index contributed by atoms with van der Waals surface area (Å²) in [5.41, 5.74) is 1.73. The van der Waals surface area contributed by atoms with Crippen LogP contribution in [0.3, 0.4) is 0 Å². The van der Waals surface area contributed by atoms with Gasteiger partial charge in [0.25, 0.3) is 5.91 Å². The van der Waals surface area contributed by atoms with Gasteiger partial charge < -0.3 is 14.5 Å². The van der Waals surface area contributed by atoms with Crippen LogP contribution in [0.15, 0.2) is 59.2 Å². The first-order valence-corrected chi connectivity index (χ1v) is 8.34. The zero-order chi connectivity index (χ0) is 17.2.